The summed E-state index contributed by atoms with van der Waals surface area (Å²) in [5.74, 6) is -0.370. The summed E-state index contributed by atoms with van der Waals surface area (Å²) in [6, 6.07) is 8.42. The Balaban J connectivity index is 1.79. The number of carbonyl (C=O) groups is 1. The predicted molar refractivity (Wildman–Crippen MR) is 81.4 cm³/mol. The molecule has 2 fully saturated rings. The second-order valence-electron chi connectivity index (χ2n) is 5.66. The van der Waals surface area contributed by atoms with Gasteiger partial charge in [0.1, 0.15) is 18.3 Å². The van der Waals surface area contributed by atoms with Crippen LogP contribution in [0.5, 0.6) is 0 Å². The minimum atomic E-state index is -1.10. The van der Waals surface area contributed by atoms with Gasteiger partial charge in [-0.1, -0.05) is 35.4 Å². The van der Waals surface area contributed by atoms with E-state index >= 15 is 0 Å². The van der Waals surface area contributed by atoms with E-state index in [-0.39, 0.29) is 12.5 Å². The van der Waals surface area contributed by atoms with Crippen molar-refractivity contribution in [2.24, 2.45) is 5.11 Å². The van der Waals surface area contributed by atoms with E-state index in [1.807, 2.05) is 30.3 Å². The molecule has 0 spiro atoms. The average Bonchev–Trinajstić information content (AvgIpc) is 2.59. The molecule has 0 unspecified atom stereocenters. The summed E-state index contributed by atoms with van der Waals surface area (Å²) in [5, 5.41) is 16.7. The van der Waals surface area contributed by atoms with Crippen molar-refractivity contribution < 1.29 is 24.1 Å². The van der Waals surface area contributed by atoms with Gasteiger partial charge in [-0.25, -0.2) is 0 Å². The van der Waals surface area contributed by atoms with Crippen molar-refractivity contribution in [1.29, 1.82) is 0 Å². The molecule has 0 aliphatic carbocycles. The van der Waals surface area contributed by atoms with Gasteiger partial charge in [0.05, 0.1) is 12.6 Å². The maximum Gasteiger partial charge on any atom is 0.217 e. The van der Waals surface area contributed by atoms with Crippen LogP contribution in [0.2, 0.25) is 0 Å². The fourth-order valence-electron chi connectivity index (χ4n) is 2.93. The Kier molecular flexibility index (Phi) is 4.98. The topological polar surface area (TPSA) is 126 Å². The smallest absolute Gasteiger partial charge is 0.217 e. The van der Waals surface area contributed by atoms with E-state index in [0.29, 0.717) is 0 Å². The van der Waals surface area contributed by atoms with Crippen molar-refractivity contribution in [2.45, 2.75) is 43.8 Å². The van der Waals surface area contributed by atoms with Crippen LogP contribution in [0.3, 0.4) is 0 Å². The highest BCUT2D eigenvalue weighted by atomic mass is 16.7. The van der Waals surface area contributed by atoms with Crippen molar-refractivity contribution in [3.63, 3.8) is 0 Å². The first-order valence-corrected chi connectivity index (χ1v) is 7.57. The number of hydrogen-bond donors (Lipinski definition) is 2. The number of ether oxygens (including phenoxy) is 3. The molecular weight excluding hydrogens is 316 g/mol. The number of amides is 1. The van der Waals surface area contributed by atoms with Crippen LogP contribution in [0.25, 0.3) is 10.4 Å². The Morgan fingerprint density at radius 2 is 2.12 bits per heavy atom. The summed E-state index contributed by atoms with van der Waals surface area (Å²) in [7, 11) is 0. The molecule has 1 aromatic carbocycles. The average molecular weight is 334 g/mol. The molecule has 2 saturated heterocycles. The van der Waals surface area contributed by atoms with Gasteiger partial charge >= 0.3 is 0 Å². The van der Waals surface area contributed by atoms with Crippen LogP contribution in [0, 0.1) is 0 Å². The largest absolute Gasteiger partial charge is 0.388 e. The summed E-state index contributed by atoms with van der Waals surface area (Å²) in [4.78, 5) is 14.1. The number of aliphatic hydroxyl groups excluding tert-OH is 1. The second-order valence-corrected chi connectivity index (χ2v) is 5.66. The summed E-state index contributed by atoms with van der Waals surface area (Å²) in [5.41, 5.74) is 9.48. The Bertz CT molecular complexity index is 636. The van der Waals surface area contributed by atoms with Gasteiger partial charge in [0.2, 0.25) is 5.91 Å². The third-order valence-electron chi connectivity index (χ3n) is 3.99. The molecule has 0 radical (unpaired) electrons. The molecule has 1 aromatic rings. The highest BCUT2D eigenvalue weighted by Gasteiger charge is 2.49. The van der Waals surface area contributed by atoms with Gasteiger partial charge in [-0.2, -0.15) is 0 Å². The molecule has 1 amide bonds. The Morgan fingerprint density at radius 1 is 1.38 bits per heavy atom. The molecule has 2 aliphatic heterocycles. The number of hydrogen-bond acceptors (Lipinski definition) is 6. The Labute approximate surface area is 138 Å². The fourth-order valence-corrected chi connectivity index (χ4v) is 2.93. The van der Waals surface area contributed by atoms with Gasteiger partial charge in [-0.05, 0) is 5.53 Å². The first-order chi connectivity index (χ1) is 11.6. The number of nitrogens with zero attached hydrogens (tertiary/aromatic N) is 3. The van der Waals surface area contributed by atoms with Crippen molar-refractivity contribution >= 4 is 5.91 Å². The van der Waals surface area contributed by atoms with Gasteiger partial charge in [-0.3, -0.25) is 4.79 Å². The van der Waals surface area contributed by atoms with Gasteiger partial charge in [0.25, 0.3) is 0 Å². The highest BCUT2D eigenvalue weighted by Crippen LogP contribution is 2.34. The van der Waals surface area contributed by atoms with E-state index in [1.54, 1.807) is 0 Å². The van der Waals surface area contributed by atoms with E-state index in [1.165, 1.54) is 6.92 Å². The molecule has 9 nitrogen and oxygen atoms in total. The lowest BCUT2D eigenvalue weighted by atomic mass is 9.95. The van der Waals surface area contributed by atoms with E-state index in [9.17, 15) is 9.90 Å². The van der Waals surface area contributed by atoms with Crippen LogP contribution in [0.4, 0.5) is 0 Å². The molecular formula is C15H18N4O5. The number of rotatable bonds is 3. The highest BCUT2D eigenvalue weighted by molar-refractivity contribution is 5.73. The summed E-state index contributed by atoms with van der Waals surface area (Å²) >= 11 is 0. The third-order valence-corrected chi connectivity index (χ3v) is 3.99. The summed E-state index contributed by atoms with van der Waals surface area (Å²) < 4.78 is 17.1. The Hall–Kier alpha value is -2.16. The molecule has 0 aromatic heterocycles. The number of aliphatic hydroxyl groups is 1. The monoisotopic (exact) mass is 334 g/mol. The Morgan fingerprint density at radius 3 is 2.79 bits per heavy atom. The van der Waals surface area contributed by atoms with E-state index in [2.05, 4.69) is 15.3 Å². The predicted octanol–water partition coefficient (Wildman–Crippen LogP) is 1.00. The minimum absolute atomic E-state index is 0.172. The molecule has 2 N–H and O–H groups in total. The maximum atomic E-state index is 11.4. The van der Waals surface area contributed by atoms with E-state index in [0.717, 1.165) is 5.56 Å². The molecule has 6 atom stereocenters. The zero-order valence-corrected chi connectivity index (χ0v) is 13.0. The van der Waals surface area contributed by atoms with Crippen LogP contribution in [-0.2, 0) is 19.0 Å². The minimum Gasteiger partial charge on any atom is -0.388 e. The van der Waals surface area contributed by atoms with Crippen LogP contribution < -0.4 is 5.32 Å². The van der Waals surface area contributed by atoms with Crippen LogP contribution in [0.15, 0.2) is 35.4 Å². The van der Waals surface area contributed by atoms with Gasteiger partial charge < -0.3 is 24.6 Å². The van der Waals surface area contributed by atoms with Crippen molar-refractivity contribution in [2.75, 3.05) is 6.61 Å². The maximum absolute atomic E-state index is 11.4. The molecule has 3 rings (SSSR count). The SMILES string of the molecule is CC(=O)N[C@H]1[C@@H](O)[C@H]2O[C@@H](c3ccccc3)OC[C@H]2O[C@H]1N=[N+]=[N-]. The number of carbonyl (C=O) groups excluding carboxylic acids is 1. The molecule has 2 heterocycles. The molecule has 2 aliphatic rings. The summed E-state index contributed by atoms with van der Waals surface area (Å²) in [6.07, 6.45) is -4.08. The zero-order chi connectivity index (χ0) is 17.1. The molecule has 24 heavy (non-hydrogen) atoms. The number of benzene rings is 1. The van der Waals surface area contributed by atoms with Crippen molar-refractivity contribution in [3.8, 4) is 0 Å². The lowest BCUT2D eigenvalue weighted by Crippen LogP contribution is -2.65. The van der Waals surface area contributed by atoms with Gasteiger partial charge in [0.15, 0.2) is 12.5 Å². The number of fused-ring (bicyclic) bond motifs is 1. The quantitative estimate of drug-likeness (QED) is 0.484. The first-order valence-electron chi connectivity index (χ1n) is 7.57. The van der Waals surface area contributed by atoms with E-state index < -0.39 is 36.9 Å². The normalized spacial score (nSPS) is 35.4. The van der Waals surface area contributed by atoms with Crippen molar-refractivity contribution in [3.05, 3.63) is 46.3 Å². The fraction of sp³-hybridized carbons (Fsp3) is 0.533. The van der Waals surface area contributed by atoms with Crippen molar-refractivity contribution in [1.82, 2.24) is 5.32 Å². The molecule has 9 heteroatoms. The van der Waals surface area contributed by atoms with Gasteiger partial charge in [-0.15, -0.1) is 0 Å². The number of azide groups is 1. The third kappa shape index (κ3) is 3.35. The summed E-state index contributed by atoms with van der Waals surface area (Å²) in [6.45, 7) is 1.48. The number of nitrogens with one attached hydrogen (secondary N) is 1. The van der Waals surface area contributed by atoms with Crippen LogP contribution in [0.1, 0.15) is 18.8 Å². The van der Waals surface area contributed by atoms with E-state index in [4.69, 9.17) is 19.7 Å². The lowest BCUT2D eigenvalue weighted by Gasteiger charge is -2.47. The lowest BCUT2D eigenvalue weighted by molar-refractivity contribution is -0.314. The zero-order valence-electron chi connectivity index (χ0n) is 13.0. The standard InChI is InChI=1S/C15H18N4O5/c1-8(20)17-11-12(21)13-10(23-14(11)18-19-16)7-22-15(24-13)9-5-3-2-4-6-9/h2-6,10-15,21H,7H2,1H3,(H,17,20)/t10-,11+,12-,13+,14-,15+/m1/s1. The first kappa shape index (κ1) is 16.7. The second kappa shape index (κ2) is 7.16. The molecule has 128 valence electrons. The van der Waals surface area contributed by atoms with Gasteiger partial charge in [0, 0.05) is 17.4 Å². The molecule has 0 saturated carbocycles. The van der Waals surface area contributed by atoms with Crippen LogP contribution in [-0.4, -0.2) is 48.2 Å². The molecule has 0 bridgehead atoms. The van der Waals surface area contributed by atoms with Crippen LogP contribution >= 0.6 is 0 Å².